The van der Waals surface area contributed by atoms with Crippen molar-refractivity contribution in [1.82, 2.24) is 5.32 Å². The first-order valence-corrected chi connectivity index (χ1v) is 7.73. The Labute approximate surface area is 108 Å². The molecule has 2 heteroatoms. The fraction of sp³-hybridized carbons (Fsp3) is 1.00. The minimum Gasteiger partial charge on any atom is -0.377 e. The van der Waals surface area contributed by atoms with Crippen molar-refractivity contribution in [3.63, 3.8) is 0 Å². The largest absolute Gasteiger partial charge is 0.377 e. The Kier molecular flexibility index (Phi) is 8.72. The Bertz CT molecular complexity index is 166. The van der Waals surface area contributed by atoms with Crippen molar-refractivity contribution in [3.8, 4) is 0 Å². The van der Waals surface area contributed by atoms with Crippen molar-refractivity contribution in [3.05, 3.63) is 0 Å². The summed E-state index contributed by atoms with van der Waals surface area (Å²) in [5, 5.41) is 3.69. The highest BCUT2D eigenvalue weighted by Gasteiger charge is 2.23. The van der Waals surface area contributed by atoms with Crippen LogP contribution in [0.4, 0.5) is 0 Å². The molecule has 17 heavy (non-hydrogen) atoms. The van der Waals surface area contributed by atoms with Crippen LogP contribution in [0.5, 0.6) is 0 Å². The van der Waals surface area contributed by atoms with Gasteiger partial charge in [0.25, 0.3) is 0 Å². The summed E-state index contributed by atoms with van der Waals surface area (Å²) in [6, 6.07) is 0.604. The van der Waals surface area contributed by atoms with E-state index in [-0.39, 0.29) is 0 Å². The molecule has 0 amide bonds. The zero-order valence-electron chi connectivity index (χ0n) is 11.8. The maximum Gasteiger partial charge on any atom is 0.0728 e. The summed E-state index contributed by atoms with van der Waals surface area (Å²) in [6.45, 7) is 6.63. The normalized spacial score (nSPS) is 22.6. The van der Waals surface area contributed by atoms with Crippen LogP contribution in [0.1, 0.15) is 71.6 Å². The second-order valence-corrected chi connectivity index (χ2v) is 5.31. The Morgan fingerprint density at radius 3 is 2.65 bits per heavy atom. The second kappa shape index (κ2) is 9.90. The number of ether oxygens (including phenoxy) is 1. The van der Waals surface area contributed by atoms with E-state index in [2.05, 4.69) is 19.2 Å². The number of rotatable bonds is 9. The van der Waals surface area contributed by atoms with E-state index >= 15 is 0 Å². The molecule has 1 N–H and O–H groups in total. The van der Waals surface area contributed by atoms with Crippen molar-refractivity contribution in [1.29, 1.82) is 0 Å². The van der Waals surface area contributed by atoms with Gasteiger partial charge in [-0.1, -0.05) is 39.5 Å². The van der Waals surface area contributed by atoms with Crippen LogP contribution in [0.25, 0.3) is 0 Å². The van der Waals surface area contributed by atoms with E-state index in [0.717, 1.165) is 13.2 Å². The van der Waals surface area contributed by atoms with Crippen molar-refractivity contribution >= 4 is 0 Å². The molecule has 0 radical (unpaired) electrons. The first-order chi connectivity index (χ1) is 8.38. The van der Waals surface area contributed by atoms with Crippen LogP contribution in [0.3, 0.4) is 0 Å². The minimum absolute atomic E-state index is 0.483. The van der Waals surface area contributed by atoms with E-state index in [1.807, 2.05) is 0 Å². The highest BCUT2D eigenvalue weighted by atomic mass is 16.5. The van der Waals surface area contributed by atoms with Crippen LogP contribution in [-0.2, 0) is 4.74 Å². The molecule has 0 saturated carbocycles. The molecular weight excluding hydrogens is 210 g/mol. The summed E-state index contributed by atoms with van der Waals surface area (Å²) in [7, 11) is 0. The Hall–Kier alpha value is -0.0800. The Morgan fingerprint density at radius 2 is 2.00 bits per heavy atom. The fourth-order valence-electron chi connectivity index (χ4n) is 2.62. The molecule has 1 heterocycles. The van der Waals surface area contributed by atoms with Gasteiger partial charge < -0.3 is 10.1 Å². The number of hydrogen-bond donors (Lipinski definition) is 1. The van der Waals surface area contributed by atoms with Crippen LogP contribution in [-0.4, -0.2) is 25.3 Å². The monoisotopic (exact) mass is 241 g/mol. The maximum atomic E-state index is 5.93. The van der Waals surface area contributed by atoms with Gasteiger partial charge in [-0.15, -0.1) is 0 Å². The lowest BCUT2D eigenvalue weighted by molar-refractivity contribution is -0.00971. The highest BCUT2D eigenvalue weighted by Crippen LogP contribution is 2.19. The lowest BCUT2D eigenvalue weighted by Gasteiger charge is -2.31. The molecule has 0 aromatic rings. The lowest BCUT2D eigenvalue weighted by Crippen LogP contribution is -2.43. The summed E-state index contributed by atoms with van der Waals surface area (Å²) < 4.78 is 5.93. The molecule has 0 spiro atoms. The van der Waals surface area contributed by atoms with E-state index in [1.54, 1.807) is 0 Å². The number of unbranched alkanes of at least 4 members (excludes halogenated alkanes) is 3. The summed E-state index contributed by atoms with van der Waals surface area (Å²) in [5.41, 5.74) is 0. The predicted octanol–water partition coefficient (Wildman–Crippen LogP) is 3.89. The molecule has 1 fully saturated rings. The third-order valence-corrected chi connectivity index (χ3v) is 3.69. The average molecular weight is 241 g/mol. The molecule has 1 aliphatic rings. The Morgan fingerprint density at radius 1 is 1.12 bits per heavy atom. The average Bonchev–Trinajstić information content (AvgIpc) is 2.39. The first kappa shape index (κ1) is 15.0. The third-order valence-electron chi connectivity index (χ3n) is 3.69. The van der Waals surface area contributed by atoms with E-state index in [4.69, 9.17) is 4.74 Å². The van der Waals surface area contributed by atoms with Crippen LogP contribution in [0, 0.1) is 0 Å². The second-order valence-electron chi connectivity index (χ2n) is 5.31. The van der Waals surface area contributed by atoms with Gasteiger partial charge in [-0.2, -0.15) is 0 Å². The van der Waals surface area contributed by atoms with Crippen LogP contribution in [0.15, 0.2) is 0 Å². The van der Waals surface area contributed by atoms with Gasteiger partial charge in [-0.3, -0.25) is 0 Å². The van der Waals surface area contributed by atoms with Crippen molar-refractivity contribution in [2.75, 3.05) is 13.2 Å². The van der Waals surface area contributed by atoms with Gasteiger partial charge in [0, 0.05) is 12.6 Å². The van der Waals surface area contributed by atoms with Crippen LogP contribution < -0.4 is 5.32 Å². The van der Waals surface area contributed by atoms with Crippen molar-refractivity contribution in [2.24, 2.45) is 0 Å². The van der Waals surface area contributed by atoms with Crippen molar-refractivity contribution < 1.29 is 4.74 Å². The summed E-state index contributed by atoms with van der Waals surface area (Å²) in [6.07, 6.45) is 12.3. The molecular formula is C15H31NO. The molecule has 1 aliphatic heterocycles. The van der Waals surface area contributed by atoms with Gasteiger partial charge in [-0.05, 0) is 38.6 Å². The molecule has 0 aliphatic carbocycles. The molecule has 0 aromatic heterocycles. The molecule has 1 rings (SSSR count). The topological polar surface area (TPSA) is 21.3 Å². The summed E-state index contributed by atoms with van der Waals surface area (Å²) in [4.78, 5) is 0. The molecule has 1 saturated heterocycles. The third kappa shape index (κ3) is 6.42. The molecule has 0 aromatic carbocycles. The molecule has 2 atom stereocenters. The number of nitrogens with one attached hydrogen (secondary N) is 1. The maximum absolute atomic E-state index is 5.93. The predicted molar refractivity (Wildman–Crippen MR) is 74.4 cm³/mol. The first-order valence-electron chi connectivity index (χ1n) is 7.73. The van der Waals surface area contributed by atoms with Gasteiger partial charge in [0.15, 0.2) is 0 Å². The van der Waals surface area contributed by atoms with Gasteiger partial charge in [0.2, 0.25) is 0 Å². The van der Waals surface area contributed by atoms with E-state index in [1.165, 1.54) is 57.8 Å². The minimum atomic E-state index is 0.483. The van der Waals surface area contributed by atoms with Crippen LogP contribution >= 0.6 is 0 Å². The number of hydrogen-bond acceptors (Lipinski definition) is 2. The lowest BCUT2D eigenvalue weighted by atomic mass is 9.97. The van der Waals surface area contributed by atoms with Gasteiger partial charge in [0.1, 0.15) is 0 Å². The quantitative estimate of drug-likeness (QED) is 0.618. The molecule has 2 unspecified atom stereocenters. The van der Waals surface area contributed by atoms with E-state index in [9.17, 15) is 0 Å². The Balaban J connectivity index is 2.25. The SMILES string of the molecule is CCCCCCC(NCCC)C1CCCCO1. The fourth-order valence-corrected chi connectivity index (χ4v) is 2.62. The van der Waals surface area contributed by atoms with Gasteiger partial charge in [-0.25, -0.2) is 0 Å². The zero-order chi connectivity index (χ0) is 12.3. The smallest absolute Gasteiger partial charge is 0.0728 e. The summed E-state index contributed by atoms with van der Waals surface area (Å²) in [5.74, 6) is 0. The van der Waals surface area contributed by atoms with E-state index in [0.29, 0.717) is 12.1 Å². The standard InChI is InChI=1S/C15H31NO/c1-3-5-6-7-10-14(16-12-4-2)15-11-8-9-13-17-15/h14-16H,3-13H2,1-2H3. The summed E-state index contributed by atoms with van der Waals surface area (Å²) >= 11 is 0. The molecule has 0 bridgehead atoms. The van der Waals surface area contributed by atoms with Crippen molar-refractivity contribution in [2.45, 2.75) is 83.8 Å². The zero-order valence-corrected chi connectivity index (χ0v) is 11.8. The highest BCUT2D eigenvalue weighted by molar-refractivity contribution is 4.79. The van der Waals surface area contributed by atoms with Crippen LogP contribution in [0.2, 0.25) is 0 Å². The molecule has 2 nitrogen and oxygen atoms in total. The molecule has 102 valence electrons. The van der Waals surface area contributed by atoms with E-state index < -0.39 is 0 Å². The van der Waals surface area contributed by atoms with Gasteiger partial charge >= 0.3 is 0 Å². The van der Waals surface area contributed by atoms with Gasteiger partial charge in [0.05, 0.1) is 6.10 Å².